The maximum Gasteiger partial charge on any atom is 0.274 e. The first-order valence-corrected chi connectivity index (χ1v) is 8.04. The zero-order valence-electron chi connectivity index (χ0n) is 13.0. The fourth-order valence-electron chi connectivity index (χ4n) is 3.25. The number of halogens is 1. The minimum absolute atomic E-state index is 0.0990. The van der Waals surface area contributed by atoms with Crippen molar-refractivity contribution in [3.63, 3.8) is 0 Å². The number of ether oxygens (including phenoxy) is 1. The van der Waals surface area contributed by atoms with Crippen molar-refractivity contribution in [1.29, 1.82) is 0 Å². The first kappa shape index (κ1) is 15.6. The van der Waals surface area contributed by atoms with Gasteiger partial charge in [0.1, 0.15) is 5.82 Å². The third-order valence-electron chi connectivity index (χ3n) is 4.44. The summed E-state index contributed by atoms with van der Waals surface area (Å²) >= 11 is 6.09. The van der Waals surface area contributed by atoms with Crippen LogP contribution in [0.25, 0.3) is 0 Å². The molecule has 1 aromatic rings. The Labute approximate surface area is 135 Å². The molecule has 0 N–H and O–H groups in total. The predicted octanol–water partition coefficient (Wildman–Crippen LogP) is 1.23. The number of hydrogen-bond acceptors (Lipinski definition) is 5. The fraction of sp³-hybridized carbons (Fsp3) is 0.667. The Morgan fingerprint density at radius 2 is 2.09 bits per heavy atom. The van der Waals surface area contributed by atoms with Gasteiger partial charge >= 0.3 is 0 Å². The molecular weight excluding hydrogens is 304 g/mol. The second kappa shape index (κ2) is 6.48. The van der Waals surface area contributed by atoms with Crippen LogP contribution < -0.4 is 0 Å². The van der Waals surface area contributed by atoms with E-state index in [1.165, 1.54) is 6.20 Å². The summed E-state index contributed by atoms with van der Waals surface area (Å²) in [7, 11) is 0. The van der Waals surface area contributed by atoms with Crippen LogP contribution in [0.15, 0.2) is 6.20 Å². The van der Waals surface area contributed by atoms with E-state index in [4.69, 9.17) is 16.3 Å². The van der Waals surface area contributed by atoms with Crippen molar-refractivity contribution < 1.29 is 9.53 Å². The van der Waals surface area contributed by atoms with E-state index in [2.05, 4.69) is 21.8 Å². The summed E-state index contributed by atoms with van der Waals surface area (Å²) in [6.07, 6.45) is 1.50. The van der Waals surface area contributed by atoms with Crippen molar-refractivity contribution in [3.05, 3.63) is 22.7 Å². The van der Waals surface area contributed by atoms with Gasteiger partial charge in [0.25, 0.3) is 5.91 Å². The SMILES string of the molecule is Cc1ncc(Cl)c(C(=O)N2C[C@@H](C)[C@@H](N3CCOCC3)C2)n1. The molecule has 0 aromatic carbocycles. The number of likely N-dealkylation sites (tertiary alicyclic amines) is 1. The number of aromatic nitrogens is 2. The fourth-order valence-corrected chi connectivity index (χ4v) is 3.43. The molecule has 2 aliphatic rings. The largest absolute Gasteiger partial charge is 0.379 e. The molecule has 2 atom stereocenters. The van der Waals surface area contributed by atoms with Gasteiger partial charge in [-0.15, -0.1) is 0 Å². The van der Waals surface area contributed by atoms with Gasteiger partial charge in [-0.25, -0.2) is 9.97 Å². The molecule has 1 amide bonds. The third-order valence-corrected chi connectivity index (χ3v) is 4.72. The predicted molar refractivity (Wildman–Crippen MR) is 83.0 cm³/mol. The van der Waals surface area contributed by atoms with Crippen molar-refractivity contribution in [2.24, 2.45) is 5.92 Å². The van der Waals surface area contributed by atoms with Crippen LogP contribution in [0.5, 0.6) is 0 Å². The lowest BCUT2D eigenvalue weighted by atomic mass is 10.0. The first-order valence-electron chi connectivity index (χ1n) is 7.66. The summed E-state index contributed by atoms with van der Waals surface area (Å²) < 4.78 is 5.41. The van der Waals surface area contributed by atoms with Crippen LogP contribution in [0.3, 0.4) is 0 Å². The topological polar surface area (TPSA) is 58.6 Å². The number of rotatable bonds is 2. The van der Waals surface area contributed by atoms with Gasteiger partial charge in [0.2, 0.25) is 0 Å². The normalized spacial score (nSPS) is 26.4. The number of carbonyl (C=O) groups excluding carboxylic acids is 1. The lowest BCUT2D eigenvalue weighted by Crippen LogP contribution is -2.47. The highest BCUT2D eigenvalue weighted by atomic mass is 35.5. The molecule has 7 heteroatoms. The van der Waals surface area contributed by atoms with Crippen LogP contribution in [0.4, 0.5) is 0 Å². The van der Waals surface area contributed by atoms with Crippen LogP contribution in [-0.2, 0) is 4.74 Å². The van der Waals surface area contributed by atoms with E-state index in [0.717, 1.165) is 39.4 Å². The molecule has 0 spiro atoms. The van der Waals surface area contributed by atoms with E-state index in [9.17, 15) is 4.79 Å². The maximum absolute atomic E-state index is 12.7. The molecule has 120 valence electrons. The summed E-state index contributed by atoms with van der Waals surface area (Å²) in [5.74, 6) is 0.895. The van der Waals surface area contributed by atoms with E-state index in [1.807, 2.05) is 4.90 Å². The number of amides is 1. The molecule has 0 radical (unpaired) electrons. The molecule has 0 bridgehead atoms. The van der Waals surface area contributed by atoms with Crippen LogP contribution in [0, 0.1) is 12.8 Å². The highest BCUT2D eigenvalue weighted by Crippen LogP contribution is 2.25. The lowest BCUT2D eigenvalue weighted by molar-refractivity contribution is 0.0119. The van der Waals surface area contributed by atoms with Gasteiger partial charge in [-0.05, 0) is 12.8 Å². The number of hydrogen-bond donors (Lipinski definition) is 0. The number of morpholine rings is 1. The molecule has 22 heavy (non-hydrogen) atoms. The monoisotopic (exact) mass is 324 g/mol. The summed E-state index contributed by atoms with van der Waals surface area (Å²) in [6.45, 7) is 8.83. The summed E-state index contributed by atoms with van der Waals surface area (Å²) in [4.78, 5) is 25.2. The quantitative estimate of drug-likeness (QED) is 0.819. The molecule has 2 saturated heterocycles. The Morgan fingerprint density at radius 1 is 1.36 bits per heavy atom. The Bertz CT molecular complexity index is 562. The number of aryl methyl sites for hydroxylation is 1. The van der Waals surface area contributed by atoms with Crippen LogP contribution >= 0.6 is 11.6 Å². The van der Waals surface area contributed by atoms with Crippen LogP contribution in [-0.4, -0.2) is 71.1 Å². The van der Waals surface area contributed by atoms with E-state index in [-0.39, 0.29) is 5.91 Å². The second-order valence-electron chi connectivity index (χ2n) is 6.02. The standard InChI is InChI=1S/C15H21ClN4O2/c1-10-8-20(9-13(10)19-3-5-22-6-4-19)15(21)14-12(16)7-17-11(2)18-14/h7,10,13H,3-6,8-9H2,1-2H3/t10-,13+/m1/s1. The third kappa shape index (κ3) is 3.09. The summed E-state index contributed by atoms with van der Waals surface area (Å²) in [5, 5.41) is 0.318. The smallest absolute Gasteiger partial charge is 0.274 e. The number of carbonyl (C=O) groups is 1. The molecule has 0 saturated carbocycles. The molecule has 1 aromatic heterocycles. The maximum atomic E-state index is 12.7. The van der Waals surface area contributed by atoms with E-state index in [1.54, 1.807) is 6.92 Å². The highest BCUT2D eigenvalue weighted by Gasteiger charge is 2.37. The zero-order chi connectivity index (χ0) is 15.7. The van der Waals surface area contributed by atoms with Gasteiger partial charge in [-0.1, -0.05) is 18.5 Å². The molecule has 3 rings (SSSR count). The van der Waals surface area contributed by atoms with Crippen molar-refractivity contribution in [1.82, 2.24) is 19.8 Å². The minimum atomic E-state index is -0.0990. The number of nitrogens with zero attached hydrogens (tertiary/aromatic N) is 4. The van der Waals surface area contributed by atoms with Crippen molar-refractivity contribution in [2.75, 3.05) is 39.4 Å². The molecule has 0 unspecified atom stereocenters. The van der Waals surface area contributed by atoms with Crippen molar-refractivity contribution >= 4 is 17.5 Å². The Morgan fingerprint density at radius 3 is 2.82 bits per heavy atom. The Kier molecular flexibility index (Phi) is 4.61. The van der Waals surface area contributed by atoms with Gasteiger partial charge in [-0.3, -0.25) is 9.69 Å². The van der Waals surface area contributed by atoms with Gasteiger partial charge in [0.05, 0.1) is 24.4 Å². The van der Waals surface area contributed by atoms with E-state index < -0.39 is 0 Å². The zero-order valence-corrected chi connectivity index (χ0v) is 13.7. The van der Waals surface area contributed by atoms with Gasteiger partial charge in [0.15, 0.2) is 5.69 Å². The second-order valence-corrected chi connectivity index (χ2v) is 6.42. The van der Waals surface area contributed by atoms with Crippen LogP contribution in [0.1, 0.15) is 23.2 Å². The van der Waals surface area contributed by atoms with Crippen molar-refractivity contribution in [2.45, 2.75) is 19.9 Å². The van der Waals surface area contributed by atoms with E-state index in [0.29, 0.717) is 28.5 Å². The molecule has 2 fully saturated rings. The van der Waals surface area contributed by atoms with Crippen LogP contribution in [0.2, 0.25) is 5.02 Å². The Hall–Kier alpha value is -1.24. The van der Waals surface area contributed by atoms with Gasteiger partial charge < -0.3 is 9.64 Å². The molecule has 3 heterocycles. The van der Waals surface area contributed by atoms with E-state index >= 15 is 0 Å². The molecule has 0 aliphatic carbocycles. The molecule has 2 aliphatic heterocycles. The summed E-state index contributed by atoms with van der Waals surface area (Å²) in [5.41, 5.74) is 0.309. The van der Waals surface area contributed by atoms with Gasteiger partial charge in [-0.2, -0.15) is 0 Å². The van der Waals surface area contributed by atoms with Gasteiger partial charge in [0, 0.05) is 32.2 Å². The minimum Gasteiger partial charge on any atom is -0.379 e. The average Bonchev–Trinajstić information content (AvgIpc) is 2.92. The first-order chi connectivity index (χ1) is 10.6. The molecular formula is C15H21ClN4O2. The summed E-state index contributed by atoms with van der Waals surface area (Å²) in [6, 6.07) is 0.384. The lowest BCUT2D eigenvalue weighted by Gasteiger charge is -2.33. The highest BCUT2D eigenvalue weighted by molar-refractivity contribution is 6.33. The van der Waals surface area contributed by atoms with Crippen molar-refractivity contribution in [3.8, 4) is 0 Å². The average molecular weight is 325 g/mol. The molecule has 6 nitrogen and oxygen atoms in total. The Balaban J connectivity index is 1.73.